The minimum atomic E-state index is -0.130. The van der Waals surface area contributed by atoms with E-state index in [9.17, 15) is 4.79 Å². The summed E-state index contributed by atoms with van der Waals surface area (Å²) in [4.78, 5) is 14.9. The number of anilines is 1. The van der Waals surface area contributed by atoms with E-state index in [2.05, 4.69) is 5.32 Å². The standard InChI is InChI=1S/C14H18ClN3OS/c1-8(7-18(2)3)17-14(19)13-12(16)10-5-4-9(15)6-11(10)20-13/h4-6,8H,7,16H2,1-3H3,(H,17,19). The first kappa shape index (κ1) is 15.1. The molecule has 108 valence electrons. The second kappa shape index (κ2) is 5.99. The number of fused-ring (bicyclic) bond motifs is 1. The van der Waals surface area contributed by atoms with Crippen LogP contribution in [-0.4, -0.2) is 37.5 Å². The highest BCUT2D eigenvalue weighted by atomic mass is 35.5. The van der Waals surface area contributed by atoms with E-state index < -0.39 is 0 Å². The largest absolute Gasteiger partial charge is 0.397 e. The first-order valence-corrected chi connectivity index (χ1v) is 7.51. The zero-order chi connectivity index (χ0) is 14.9. The van der Waals surface area contributed by atoms with Gasteiger partial charge in [-0.25, -0.2) is 0 Å². The number of amides is 1. The molecule has 4 nitrogen and oxygen atoms in total. The number of thiophene rings is 1. The Hall–Kier alpha value is -1.30. The normalized spacial score (nSPS) is 12.8. The molecule has 0 aliphatic carbocycles. The van der Waals surface area contributed by atoms with Gasteiger partial charge in [-0.15, -0.1) is 11.3 Å². The van der Waals surface area contributed by atoms with Gasteiger partial charge in [0.15, 0.2) is 0 Å². The second-order valence-corrected chi connectivity index (χ2v) is 6.61. The average molecular weight is 312 g/mol. The molecule has 2 aromatic rings. The monoisotopic (exact) mass is 311 g/mol. The third-order valence-electron chi connectivity index (χ3n) is 2.91. The molecular formula is C14H18ClN3OS. The van der Waals surface area contributed by atoms with Gasteiger partial charge in [-0.1, -0.05) is 11.6 Å². The summed E-state index contributed by atoms with van der Waals surface area (Å²) in [7, 11) is 3.94. The van der Waals surface area contributed by atoms with E-state index in [1.54, 1.807) is 6.07 Å². The van der Waals surface area contributed by atoms with Crippen LogP contribution < -0.4 is 11.1 Å². The van der Waals surface area contributed by atoms with Gasteiger partial charge in [-0.2, -0.15) is 0 Å². The molecular weight excluding hydrogens is 294 g/mol. The van der Waals surface area contributed by atoms with Gasteiger partial charge in [0.05, 0.1) is 5.69 Å². The minimum Gasteiger partial charge on any atom is -0.397 e. The fourth-order valence-corrected chi connectivity index (χ4v) is 3.44. The fourth-order valence-electron chi connectivity index (χ4n) is 2.14. The summed E-state index contributed by atoms with van der Waals surface area (Å²) in [6, 6.07) is 5.52. The lowest BCUT2D eigenvalue weighted by Crippen LogP contribution is -2.39. The van der Waals surface area contributed by atoms with Crippen molar-refractivity contribution in [2.24, 2.45) is 0 Å². The number of nitrogens with two attached hydrogens (primary N) is 1. The van der Waals surface area contributed by atoms with Crippen LogP contribution in [0.25, 0.3) is 10.1 Å². The third-order valence-corrected chi connectivity index (χ3v) is 4.32. The number of carbonyl (C=O) groups is 1. The van der Waals surface area contributed by atoms with Gasteiger partial charge in [-0.05, 0) is 39.2 Å². The lowest BCUT2D eigenvalue weighted by atomic mass is 10.2. The highest BCUT2D eigenvalue weighted by Crippen LogP contribution is 2.35. The van der Waals surface area contributed by atoms with Crippen molar-refractivity contribution >= 4 is 44.6 Å². The number of nitrogens with zero attached hydrogens (tertiary/aromatic N) is 1. The van der Waals surface area contributed by atoms with Crippen LogP contribution in [0.1, 0.15) is 16.6 Å². The van der Waals surface area contributed by atoms with Crippen molar-refractivity contribution in [2.45, 2.75) is 13.0 Å². The fraction of sp³-hybridized carbons (Fsp3) is 0.357. The molecule has 0 radical (unpaired) electrons. The van der Waals surface area contributed by atoms with Gasteiger partial charge in [0, 0.05) is 27.7 Å². The molecule has 3 N–H and O–H groups in total. The zero-order valence-electron chi connectivity index (χ0n) is 11.7. The van der Waals surface area contributed by atoms with Gasteiger partial charge < -0.3 is 16.0 Å². The molecule has 6 heteroatoms. The predicted molar refractivity (Wildman–Crippen MR) is 86.7 cm³/mol. The molecule has 0 saturated heterocycles. The van der Waals surface area contributed by atoms with Gasteiger partial charge in [0.2, 0.25) is 0 Å². The highest BCUT2D eigenvalue weighted by Gasteiger charge is 2.18. The first-order chi connectivity index (χ1) is 9.38. The molecule has 0 bridgehead atoms. The van der Waals surface area contributed by atoms with Crippen molar-refractivity contribution in [2.75, 3.05) is 26.4 Å². The van der Waals surface area contributed by atoms with E-state index in [-0.39, 0.29) is 11.9 Å². The highest BCUT2D eigenvalue weighted by molar-refractivity contribution is 7.21. The van der Waals surface area contributed by atoms with Crippen LogP contribution in [0.5, 0.6) is 0 Å². The molecule has 1 unspecified atom stereocenters. The number of rotatable bonds is 4. The number of likely N-dealkylation sites (N-methyl/N-ethyl adjacent to an activating group) is 1. The van der Waals surface area contributed by atoms with Crippen LogP contribution in [0.2, 0.25) is 5.02 Å². The number of halogens is 1. The molecule has 1 amide bonds. The average Bonchev–Trinajstić information content (AvgIpc) is 2.65. The number of carbonyl (C=O) groups excluding carboxylic acids is 1. The first-order valence-electron chi connectivity index (χ1n) is 6.31. The predicted octanol–water partition coefficient (Wildman–Crippen LogP) is 2.82. The topological polar surface area (TPSA) is 58.4 Å². The van der Waals surface area contributed by atoms with Crippen molar-refractivity contribution in [3.05, 3.63) is 28.1 Å². The molecule has 0 fully saturated rings. The summed E-state index contributed by atoms with van der Waals surface area (Å²) in [5.41, 5.74) is 6.59. The number of hydrogen-bond donors (Lipinski definition) is 2. The SMILES string of the molecule is CC(CN(C)C)NC(=O)c1sc2cc(Cl)ccc2c1N. The van der Waals surface area contributed by atoms with E-state index in [0.717, 1.165) is 16.6 Å². The summed E-state index contributed by atoms with van der Waals surface area (Å²) in [6.07, 6.45) is 0. The molecule has 2 rings (SSSR count). The van der Waals surface area contributed by atoms with Crippen LogP contribution in [0.4, 0.5) is 5.69 Å². The molecule has 0 spiro atoms. The Balaban J connectivity index is 2.24. The maximum atomic E-state index is 12.3. The van der Waals surface area contributed by atoms with Crippen LogP contribution >= 0.6 is 22.9 Å². The number of nitrogen functional groups attached to an aromatic ring is 1. The van der Waals surface area contributed by atoms with Crippen molar-refractivity contribution in [3.63, 3.8) is 0 Å². The Morgan fingerprint density at radius 1 is 1.50 bits per heavy atom. The molecule has 0 aliphatic rings. The number of hydrogen-bond acceptors (Lipinski definition) is 4. The third kappa shape index (κ3) is 3.23. The van der Waals surface area contributed by atoms with Crippen molar-refractivity contribution < 1.29 is 4.79 Å². The molecule has 1 aromatic heterocycles. The van der Waals surface area contributed by atoms with Crippen LogP contribution in [0, 0.1) is 0 Å². The quantitative estimate of drug-likeness (QED) is 0.913. The van der Waals surface area contributed by atoms with Crippen LogP contribution in [0.15, 0.2) is 18.2 Å². The molecule has 0 aliphatic heterocycles. The number of nitrogens with one attached hydrogen (secondary N) is 1. The van der Waals surface area contributed by atoms with Crippen LogP contribution in [-0.2, 0) is 0 Å². The Labute approximate surface area is 127 Å². The van der Waals surface area contributed by atoms with Crippen molar-refractivity contribution in [1.29, 1.82) is 0 Å². The molecule has 1 heterocycles. The lowest BCUT2D eigenvalue weighted by Gasteiger charge is -2.17. The summed E-state index contributed by atoms with van der Waals surface area (Å²) in [6.45, 7) is 2.75. The van der Waals surface area contributed by atoms with E-state index in [1.807, 2.05) is 38.1 Å². The maximum Gasteiger partial charge on any atom is 0.263 e. The summed E-state index contributed by atoms with van der Waals surface area (Å²) < 4.78 is 0.931. The summed E-state index contributed by atoms with van der Waals surface area (Å²) in [5.74, 6) is -0.130. The van der Waals surface area contributed by atoms with E-state index in [4.69, 9.17) is 17.3 Å². The second-order valence-electron chi connectivity index (χ2n) is 5.12. The van der Waals surface area contributed by atoms with E-state index in [1.165, 1.54) is 11.3 Å². The molecule has 0 saturated carbocycles. The molecule has 1 atom stereocenters. The zero-order valence-corrected chi connectivity index (χ0v) is 13.3. The smallest absolute Gasteiger partial charge is 0.263 e. The maximum absolute atomic E-state index is 12.3. The minimum absolute atomic E-state index is 0.0608. The van der Waals surface area contributed by atoms with Gasteiger partial charge in [0.1, 0.15) is 4.88 Å². The van der Waals surface area contributed by atoms with E-state index in [0.29, 0.717) is 15.6 Å². The Morgan fingerprint density at radius 3 is 2.85 bits per heavy atom. The Bertz CT molecular complexity index is 639. The van der Waals surface area contributed by atoms with Gasteiger partial charge in [-0.3, -0.25) is 4.79 Å². The Morgan fingerprint density at radius 2 is 2.20 bits per heavy atom. The molecule has 1 aromatic carbocycles. The number of benzene rings is 1. The van der Waals surface area contributed by atoms with Crippen molar-refractivity contribution in [1.82, 2.24) is 10.2 Å². The van der Waals surface area contributed by atoms with Gasteiger partial charge >= 0.3 is 0 Å². The van der Waals surface area contributed by atoms with Crippen LogP contribution in [0.3, 0.4) is 0 Å². The van der Waals surface area contributed by atoms with E-state index >= 15 is 0 Å². The Kier molecular flexibility index (Phi) is 4.52. The summed E-state index contributed by atoms with van der Waals surface area (Å²) in [5, 5.41) is 4.49. The summed E-state index contributed by atoms with van der Waals surface area (Å²) >= 11 is 7.33. The van der Waals surface area contributed by atoms with Crippen molar-refractivity contribution in [3.8, 4) is 0 Å². The molecule has 20 heavy (non-hydrogen) atoms. The lowest BCUT2D eigenvalue weighted by molar-refractivity contribution is 0.0939. The van der Waals surface area contributed by atoms with Gasteiger partial charge in [0.25, 0.3) is 5.91 Å².